The molecule has 2 atom stereocenters. The molecule has 0 bridgehead atoms. The molecule has 1 aliphatic rings. The predicted molar refractivity (Wildman–Crippen MR) is 60.6 cm³/mol. The minimum atomic E-state index is -0.131. The molecule has 1 nitrogen and oxygen atoms in total. The van der Waals surface area contributed by atoms with Crippen LogP contribution in [0.2, 0.25) is 0 Å². The molecule has 1 N–H and O–H groups in total. The zero-order valence-electron chi connectivity index (χ0n) is 9.39. The molecule has 1 aliphatic heterocycles. The first-order valence-corrected chi connectivity index (χ1v) is 5.66. The van der Waals surface area contributed by atoms with Gasteiger partial charge in [-0.05, 0) is 55.9 Å². The van der Waals surface area contributed by atoms with Gasteiger partial charge >= 0.3 is 0 Å². The minimum absolute atomic E-state index is 0.131. The van der Waals surface area contributed by atoms with E-state index in [1.165, 1.54) is 18.4 Å². The molecule has 0 spiro atoms. The molecule has 0 saturated carbocycles. The maximum absolute atomic E-state index is 13.0. The topological polar surface area (TPSA) is 12.0 Å². The van der Waals surface area contributed by atoms with Crippen molar-refractivity contribution < 1.29 is 4.39 Å². The fourth-order valence-corrected chi connectivity index (χ4v) is 2.36. The first-order valence-electron chi connectivity index (χ1n) is 5.66. The molecular weight excluding hydrogens is 189 g/mol. The van der Waals surface area contributed by atoms with Gasteiger partial charge in [-0.3, -0.25) is 0 Å². The molecule has 2 rings (SSSR count). The van der Waals surface area contributed by atoms with Gasteiger partial charge in [0.25, 0.3) is 0 Å². The van der Waals surface area contributed by atoms with Gasteiger partial charge in [0.1, 0.15) is 5.82 Å². The largest absolute Gasteiger partial charge is 0.314 e. The molecule has 1 aromatic rings. The summed E-state index contributed by atoms with van der Waals surface area (Å²) in [5, 5.41) is 3.48. The monoisotopic (exact) mass is 207 g/mol. The average molecular weight is 207 g/mol. The molecule has 0 aliphatic carbocycles. The fraction of sp³-hybridized carbons (Fsp3) is 0.538. The third kappa shape index (κ3) is 2.37. The van der Waals surface area contributed by atoms with Gasteiger partial charge < -0.3 is 5.32 Å². The molecule has 82 valence electrons. The molecule has 0 radical (unpaired) electrons. The Balaban J connectivity index is 2.15. The van der Waals surface area contributed by atoms with Crippen molar-refractivity contribution in [3.63, 3.8) is 0 Å². The van der Waals surface area contributed by atoms with Gasteiger partial charge in [0.05, 0.1) is 0 Å². The van der Waals surface area contributed by atoms with Gasteiger partial charge in [-0.2, -0.15) is 0 Å². The number of aryl methyl sites for hydroxylation is 1. The van der Waals surface area contributed by atoms with E-state index in [1.54, 1.807) is 12.1 Å². The Bertz CT molecular complexity index is 340. The third-order valence-corrected chi connectivity index (χ3v) is 3.33. The van der Waals surface area contributed by atoms with E-state index in [0.717, 1.165) is 12.1 Å². The number of nitrogens with one attached hydrogen (secondary N) is 1. The molecule has 0 amide bonds. The highest BCUT2D eigenvalue weighted by Crippen LogP contribution is 2.27. The standard InChI is InChI=1S/C13H18FN/c1-9-7-12(14)5-6-13(9)11-4-3-10(2)15-8-11/h5-7,10-11,15H,3-4,8H2,1-2H3. The molecule has 2 heteroatoms. The van der Waals surface area contributed by atoms with Crippen molar-refractivity contribution in [2.75, 3.05) is 6.54 Å². The third-order valence-electron chi connectivity index (χ3n) is 3.33. The second kappa shape index (κ2) is 4.31. The van der Waals surface area contributed by atoms with E-state index in [2.05, 4.69) is 12.2 Å². The summed E-state index contributed by atoms with van der Waals surface area (Å²) < 4.78 is 13.0. The Morgan fingerprint density at radius 2 is 2.13 bits per heavy atom. The summed E-state index contributed by atoms with van der Waals surface area (Å²) in [7, 11) is 0. The number of benzene rings is 1. The lowest BCUT2D eigenvalue weighted by Crippen LogP contribution is -2.35. The Hall–Kier alpha value is -0.890. The van der Waals surface area contributed by atoms with E-state index in [0.29, 0.717) is 12.0 Å². The van der Waals surface area contributed by atoms with Crippen molar-refractivity contribution in [1.82, 2.24) is 5.32 Å². The van der Waals surface area contributed by atoms with Gasteiger partial charge in [0.15, 0.2) is 0 Å². The van der Waals surface area contributed by atoms with Crippen LogP contribution in [0, 0.1) is 12.7 Å². The Morgan fingerprint density at radius 1 is 1.33 bits per heavy atom. The molecular formula is C13H18FN. The van der Waals surface area contributed by atoms with Crippen molar-refractivity contribution in [3.8, 4) is 0 Å². The summed E-state index contributed by atoms with van der Waals surface area (Å²) in [5.74, 6) is 0.426. The Morgan fingerprint density at radius 3 is 2.73 bits per heavy atom. The minimum Gasteiger partial charge on any atom is -0.314 e. The summed E-state index contributed by atoms with van der Waals surface area (Å²) in [6.07, 6.45) is 2.42. The van der Waals surface area contributed by atoms with E-state index in [-0.39, 0.29) is 5.82 Å². The summed E-state index contributed by atoms with van der Waals surface area (Å²) in [6, 6.07) is 5.77. The summed E-state index contributed by atoms with van der Waals surface area (Å²) in [6.45, 7) is 5.23. The molecule has 2 unspecified atom stereocenters. The SMILES string of the molecule is Cc1cc(F)ccc1C1CCC(C)NC1. The lowest BCUT2D eigenvalue weighted by molar-refractivity contribution is 0.384. The van der Waals surface area contributed by atoms with Gasteiger partial charge in [-0.15, -0.1) is 0 Å². The molecule has 1 heterocycles. The van der Waals surface area contributed by atoms with Crippen molar-refractivity contribution in [2.24, 2.45) is 0 Å². The summed E-state index contributed by atoms with van der Waals surface area (Å²) >= 11 is 0. The van der Waals surface area contributed by atoms with E-state index in [9.17, 15) is 4.39 Å². The van der Waals surface area contributed by atoms with Crippen LogP contribution in [-0.4, -0.2) is 12.6 Å². The van der Waals surface area contributed by atoms with Crippen LogP contribution in [-0.2, 0) is 0 Å². The number of halogens is 1. The van der Waals surface area contributed by atoms with Crippen LogP contribution in [0.25, 0.3) is 0 Å². The maximum Gasteiger partial charge on any atom is 0.123 e. The van der Waals surface area contributed by atoms with Crippen molar-refractivity contribution in [3.05, 3.63) is 35.1 Å². The van der Waals surface area contributed by atoms with Gasteiger partial charge in [-0.1, -0.05) is 6.07 Å². The predicted octanol–water partition coefficient (Wildman–Crippen LogP) is 2.99. The van der Waals surface area contributed by atoms with Crippen LogP contribution >= 0.6 is 0 Å². The van der Waals surface area contributed by atoms with Crippen LogP contribution in [0.1, 0.15) is 36.8 Å². The van der Waals surface area contributed by atoms with Gasteiger partial charge in [-0.25, -0.2) is 4.39 Å². The zero-order chi connectivity index (χ0) is 10.8. The van der Waals surface area contributed by atoms with Crippen LogP contribution in [0.15, 0.2) is 18.2 Å². The summed E-state index contributed by atoms with van der Waals surface area (Å²) in [5.41, 5.74) is 2.38. The van der Waals surface area contributed by atoms with Crippen molar-refractivity contribution in [2.45, 2.75) is 38.6 Å². The van der Waals surface area contributed by atoms with E-state index >= 15 is 0 Å². The Kier molecular flexibility index (Phi) is 3.06. The van der Waals surface area contributed by atoms with Gasteiger partial charge in [0, 0.05) is 12.6 Å². The fourth-order valence-electron chi connectivity index (χ4n) is 2.36. The average Bonchev–Trinajstić information content (AvgIpc) is 2.20. The molecule has 15 heavy (non-hydrogen) atoms. The quantitative estimate of drug-likeness (QED) is 0.746. The van der Waals surface area contributed by atoms with Crippen LogP contribution in [0.3, 0.4) is 0 Å². The molecule has 1 aromatic carbocycles. The second-order valence-corrected chi connectivity index (χ2v) is 4.58. The highest BCUT2D eigenvalue weighted by molar-refractivity contribution is 5.30. The smallest absolute Gasteiger partial charge is 0.123 e. The van der Waals surface area contributed by atoms with E-state index < -0.39 is 0 Å². The molecule has 1 fully saturated rings. The maximum atomic E-state index is 13.0. The van der Waals surface area contributed by atoms with Crippen LogP contribution < -0.4 is 5.32 Å². The Labute approximate surface area is 90.7 Å². The highest BCUT2D eigenvalue weighted by Gasteiger charge is 2.20. The van der Waals surface area contributed by atoms with Crippen molar-refractivity contribution in [1.29, 1.82) is 0 Å². The first kappa shape index (κ1) is 10.6. The van der Waals surface area contributed by atoms with Gasteiger partial charge in [0.2, 0.25) is 0 Å². The number of hydrogen-bond acceptors (Lipinski definition) is 1. The summed E-state index contributed by atoms with van der Waals surface area (Å²) in [4.78, 5) is 0. The van der Waals surface area contributed by atoms with E-state index in [1.807, 2.05) is 13.0 Å². The second-order valence-electron chi connectivity index (χ2n) is 4.58. The van der Waals surface area contributed by atoms with Crippen LogP contribution in [0.4, 0.5) is 4.39 Å². The first-order chi connectivity index (χ1) is 7.16. The normalized spacial score (nSPS) is 26.6. The zero-order valence-corrected chi connectivity index (χ0v) is 9.39. The number of piperidine rings is 1. The van der Waals surface area contributed by atoms with Crippen LogP contribution in [0.5, 0.6) is 0 Å². The lowest BCUT2D eigenvalue weighted by atomic mass is 9.87. The highest BCUT2D eigenvalue weighted by atomic mass is 19.1. The van der Waals surface area contributed by atoms with E-state index in [4.69, 9.17) is 0 Å². The van der Waals surface area contributed by atoms with Crippen molar-refractivity contribution >= 4 is 0 Å². The number of hydrogen-bond donors (Lipinski definition) is 1. The molecule has 0 aromatic heterocycles. The lowest BCUT2D eigenvalue weighted by Gasteiger charge is -2.28. The number of rotatable bonds is 1. The molecule has 1 saturated heterocycles.